The molecule has 1 atom stereocenters. The quantitative estimate of drug-likeness (QED) is 0.297. The summed E-state index contributed by atoms with van der Waals surface area (Å²) in [7, 11) is 1.66. The normalized spacial score (nSPS) is 20.9. The summed E-state index contributed by atoms with van der Waals surface area (Å²) in [5.74, 6) is -7.13. The highest BCUT2D eigenvalue weighted by Gasteiger charge is 2.49. The third-order valence-corrected chi connectivity index (χ3v) is 8.45. The van der Waals surface area contributed by atoms with Gasteiger partial charge < -0.3 is 19.7 Å². The van der Waals surface area contributed by atoms with E-state index in [4.69, 9.17) is 16.3 Å². The number of benzene rings is 2. The van der Waals surface area contributed by atoms with Crippen molar-refractivity contribution in [3.63, 3.8) is 0 Å². The predicted octanol–water partition coefficient (Wildman–Crippen LogP) is 5.85. The summed E-state index contributed by atoms with van der Waals surface area (Å²) in [6, 6.07) is 6.14. The Labute approximate surface area is 245 Å². The van der Waals surface area contributed by atoms with Crippen molar-refractivity contribution in [2.24, 2.45) is 13.0 Å². The molecule has 2 heterocycles. The second kappa shape index (κ2) is 12.1. The second-order valence-corrected chi connectivity index (χ2v) is 11.4. The lowest BCUT2D eigenvalue weighted by atomic mass is 9.87. The zero-order chi connectivity index (χ0) is 30.2. The van der Waals surface area contributed by atoms with Gasteiger partial charge in [0.2, 0.25) is 5.78 Å². The molecule has 5 rings (SSSR count). The number of aromatic nitrogens is 1. The highest BCUT2D eigenvalue weighted by molar-refractivity contribution is 6.34. The van der Waals surface area contributed by atoms with E-state index >= 15 is 8.78 Å². The Kier molecular flexibility index (Phi) is 8.63. The van der Waals surface area contributed by atoms with Crippen molar-refractivity contribution in [2.75, 3.05) is 18.4 Å². The molecule has 1 aliphatic heterocycles. The molecular formula is C30H31ClF3N3O5. The van der Waals surface area contributed by atoms with Crippen LogP contribution in [0.4, 0.5) is 18.9 Å². The zero-order valence-corrected chi connectivity index (χ0v) is 23.7. The summed E-state index contributed by atoms with van der Waals surface area (Å²) in [4.78, 5) is 39.0. The number of likely N-dealkylation sites (tertiary alicyclic amines) is 1. The Morgan fingerprint density at radius 3 is 2.45 bits per heavy atom. The minimum atomic E-state index is -2.79. The van der Waals surface area contributed by atoms with Crippen LogP contribution in [0.3, 0.4) is 0 Å². The van der Waals surface area contributed by atoms with Gasteiger partial charge in [-0.05, 0) is 74.4 Å². The molecule has 2 aromatic carbocycles. The number of fused-ring (bicyclic) bond motifs is 1. The lowest BCUT2D eigenvalue weighted by Crippen LogP contribution is -2.54. The molecule has 0 bridgehead atoms. The number of carbonyl (C=O) groups excluding carboxylic acids is 2. The molecule has 0 radical (unpaired) electrons. The molecule has 1 aliphatic carbocycles. The summed E-state index contributed by atoms with van der Waals surface area (Å²) in [6.07, 6.45) is 2.80. The number of rotatable bonds is 9. The molecule has 42 heavy (non-hydrogen) atoms. The molecule has 1 saturated heterocycles. The molecule has 2 fully saturated rings. The summed E-state index contributed by atoms with van der Waals surface area (Å²) in [5, 5.41) is 12.2. The number of nitrogens with zero attached hydrogens (tertiary/aromatic N) is 2. The first-order chi connectivity index (χ1) is 20.0. The fraction of sp³-hybridized carbons (Fsp3) is 0.433. The van der Waals surface area contributed by atoms with Gasteiger partial charge in [0.25, 0.3) is 5.91 Å². The summed E-state index contributed by atoms with van der Waals surface area (Å²) in [5.41, 5.74) is 0.511. The van der Waals surface area contributed by atoms with E-state index in [1.54, 1.807) is 11.6 Å². The number of alkyl halides is 1. The maximum absolute atomic E-state index is 16.4. The minimum Gasteiger partial charge on any atom is -0.481 e. The van der Waals surface area contributed by atoms with Gasteiger partial charge in [-0.25, -0.2) is 13.7 Å². The number of aryl methyl sites for hydroxylation is 1. The number of carboxylic acids is 1. The SMILES string of the molecule is Cn1cc(C(=O)Nc2cc(F)c(CC(=O)C(F)(O[C@H]3CC[C@H](C(=O)O)CC3)N3CCCC3)cc2Cl)c2ccc(F)cc21. The van der Waals surface area contributed by atoms with E-state index in [1.165, 1.54) is 35.4 Å². The highest BCUT2D eigenvalue weighted by Crippen LogP contribution is 2.35. The fourth-order valence-electron chi connectivity index (χ4n) is 5.80. The lowest BCUT2D eigenvalue weighted by molar-refractivity contribution is -0.252. The molecule has 3 aromatic rings. The fourth-order valence-corrected chi connectivity index (χ4v) is 6.03. The number of ether oxygens (including phenoxy) is 1. The van der Waals surface area contributed by atoms with Crippen molar-refractivity contribution in [1.82, 2.24) is 9.47 Å². The van der Waals surface area contributed by atoms with E-state index < -0.39 is 53.7 Å². The number of hydrogen-bond donors (Lipinski definition) is 2. The molecule has 1 unspecified atom stereocenters. The standard InChI is InChI=1S/C30H31ClF3N3O5/c1-36-16-22(21-9-6-19(32)14-26(21)36)28(39)35-25-15-24(33)18(12-23(25)31)13-27(38)30(34,37-10-2-3-11-37)42-20-7-4-17(5-8-20)29(40)41/h6,9,12,14-17,20H,2-5,7-8,10-11,13H2,1H3,(H,35,39)(H,40,41)/t17-,20-,30?. The lowest BCUT2D eigenvalue weighted by Gasteiger charge is -2.37. The smallest absolute Gasteiger partial charge is 0.330 e. The minimum absolute atomic E-state index is 0.0491. The molecule has 1 saturated carbocycles. The number of anilines is 1. The largest absolute Gasteiger partial charge is 0.481 e. The van der Waals surface area contributed by atoms with E-state index in [-0.39, 0.29) is 21.8 Å². The average molecular weight is 606 g/mol. The van der Waals surface area contributed by atoms with Crippen LogP contribution < -0.4 is 5.32 Å². The van der Waals surface area contributed by atoms with Crippen molar-refractivity contribution in [3.8, 4) is 0 Å². The van der Waals surface area contributed by atoms with Crippen LogP contribution in [-0.4, -0.2) is 57.4 Å². The summed E-state index contributed by atoms with van der Waals surface area (Å²) in [6.45, 7) is 0.587. The number of carboxylic acid groups (broad SMARTS) is 1. The number of carbonyl (C=O) groups is 3. The Bertz CT molecular complexity index is 1530. The predicted molar refractivity (Wildman–Crippen MR) is 150 cm³/mol. The number of halogens is 4. The van der Waals surface area contributed by atoms with Gasteiger partial charge in [-0.1, -0.05) is 11.6 Å². The van der Waals surface area contributed by atoms with Crippen LogP contribution >= 0.6 is 11.6 Å². The molecule has 0 spiro atoms. The van der Waals surface area contributed by atoms with Crippen LogP contribution in [-0.2, 0) is 27.8 Å². The Morgan fingerprint density at radius 1 is 1.10 bits per heavy atom. The summed E-state index contributed by atoms with van der Waals surface area (Å²) < 4.78 is 52.7. The molecule has 1 amide bonds. The van der Waals surface area contributed by atoms with Gasteiger partial charge in [0.15, 0.2) is 0 Å². The van der Waals surface area contributed by atoms with Crippen LogP contribution in [0.5, 0.6) is 0 Å². The molecule has 2 N–H and O–H groups in total. The van der Waals surface area contributed by atoms with Gasteiger partial charge in [0, 0.05) is 38.1 Å². The van der Waals surface area contributed by atoms with Gasteiger partial charge in [-0.2, -0.15) is 4.39 Å². The van der Waals surface area contributed by atoms with E-state index in [9.17, 15) is 23.9 Å². The maximum atomic E-state index is 16.4. The van der Waals surface area contributed by atoms with Crippen LogP contribution in [0, 0.1) is 17.6 Å². The first-order valence-electron chi connectivity index (χ1n) is 13.9. The molecule has 12 heteroatoms. The molecule has 2 aliphatic rings. The van der Waals surface area contributed by atoms with Crippen LogP contribution in [0.2, 0.25) is 5.02 Å². The van der Waals surface area contributed by atoms with Gasteiger partial charge in [0.1, 0.15) is 11.6 Å². The average Bonchev–Trinajstić information content (AvgIpc) is 3.61. The Balaban J connectivity index is 1.32. The van der Waals surface area contributed by atoms with Gasteiger partial charge in [0.05, 0.1) is 33.8 Å². The number of Topliss-reactive ketones (excluding diaryl/α,β-unsaturated/α-hetero) is 1. The Hall–Kier alpha value is -3.41. The monoisotopic (exact) mass is 605 g/mol. The first kappa shape index (κ1) is 30.1. The first-order valence-corrected chi connectivity index (χ1v) is 14.3. The number of hydrogen-bond acceptors (Lipinski definition) is 5. The number of aliphatic carboxylic acids is 1. The molecule has 1 aromatic heterocycles. The van der Waals surface area contributed by atoms with Gasteiger partial charge >= 0.3 is 11.9 Å². The van der Waals surface area contributed by atoms with Crippen molar-refractivity contribution >= 4 is 45.9 Å². The van der Waals surface area contributed by atoms with Crippen LogP contribution in [0.25, 0.3) is 10.9 Å². The van der Waals surface area contributed by atoms with Gasteiger partial charge in [-0.15, -0.1) is 0 Å². The number of amides is 1. The van der Waals surface area contributed by atoms with Crippen LogP contribution in [0.1, 0.15) is 54.4 Å². The molecule has 224 valence electrons. The van der Waals surface area contributed by atoms with Crippen LogP contribution in [0.15, 0.2) is 36.5 Å². The third-order valence-electron chi connectivity index (χ3n) is 8.14. The maximum Gasteiger partial charge on any atom is 0.330 e. The van der Waals surface area contributed by atoms with Crippen molar-refractivity contribution in [1.29, 1.82) is 0 Å². The Morgan fingerprint density at radius 2 is 1.79 bits per heavy atom. The van der Waals surface area contributed by atoms with Crippen molar-refractivity contribution in [3.05, 3.63) is 64.3 Å². The topological polar surface area (TPSA) is 101 Å². The zero-order valence-electron chi connectivity index (χ0n) is 23.0. The molecule has 8 nitrogen and oxygen atoms in total. The van der Waals surface area contributed by atoms with Crippen molar-refractivity contribution in [2.45, 2.75) is 57.0 Å². The highest BCUT2D eigenvalue weighted by atomic mass is 35.5. The summed E-state index contributed by atoms with van der Waals surface area (Å²) >= 11 is 6.37. The van der Waals surface area contributed by atoms with Crippen molar-refractivity contribution < 1.29 is 37.4 Å². The van der Waals surface area contributed by atoms with E-state index in [0.29, 0.717) is 62.5 Å². The van der Waals surface area contributed by atoms with E-state index in [2.05, 4.69) is 5.32 Å². The molecular weight excluding hydrogens is 575 g/mol. The number of ketones is 1. The van der Waals surface area contributed by atoms with E-state index in [1.807, 2.05) is 0 Å². The second-order valence-electron chi connectivity index (χ2n) is 11.0. The van der Waals surface area contributed by atoms with E-state index in [0.717, 1.165) is 6.07 Å². The van der Waals surface area contributed by atoms with Gasteiger partial charge in [-0.3, -0.25) is 14.4 Å². The number of nitrogens with one attached hydrogen (secondary N) is 1. The third kappa shape index (κ3) is 6.04.